The van der Waals surface area contributed by atoms with Crippen molar-refractivity contribution < 1.29 is 19.1 Å². The third-order valence-electron chi connectivity index (χ3n) is 3.20. The first-order valence-corrected chi connectivity index (χ1v) is 7.90. The summed E-state index contributed by atoms with van der Waals surface area (Å²) in [6.07, 6.45) is 4.83. The van der Waals surface area contributed by atoms with Gasteiger partial charge in [0.2, 0.25) is 0 Å². The molecular formula is C16H24N2O4S. The lowest BCUT2D eigenvalue weighted by Crippen LogP contribution is -2.36. The summed E-state index contributed by atoms with van der Waals surface area (Å²) in [6, 6.07) is -0.0965. The highest BCUT2D eigenvalue weighted by atomic mass is 32.1. The number of amides is 2. The van der Waals surface area contributed by atoms with Crippen LogP contribution in [-0.4, -0.2) is 54.7 Å². The van der Waals surface area contributed by atoms with E-state index in [0.29, 0.717) is 13.1 Å². The highest BCUT2D eigenvalue weighted by Gasteiger charge is 2.33. The lowest BCUT2D eigenvalue weighted by atomic mass is 10.1. The molecular weight excluding hydrogens is 316 g/mol. The highest BCUT2D eigenvalue weighted by molar-refractivity contribution is 7.81. The Kier molecular flexibility index (Phi) is 8.32. The lowest BCUT2D eigenvalue weighted by molar-refractivity contribution is 0.114. The van der Waals surface area contributed by atoms with Gasteiger partial charge in [0.15, 0.2) is 0 Å². The Morgan fingerprint density at radius 2 is 1.96 bits per heavy atom. The van der Waals surface area contributed by atoms with Crippen molar-refractivity contribution in [3.8, 4) is 0 Å². The summed E-state index contributed by atoms with van der Waals surface area (Å²) >= 11 is 4.44. The van der Waals surface area contributed by atoms with Gasteiger partial charge in [-0.25, -0.2) is 9.59 Å². The molecule has 2 amide bonds. The number of nitrogens with one attached hydrogen (secondary N) is 1. The van der Waals surface area contributed by atoms with E-state index in [2.05, 4.69) is 31.1 Å². The van der Waals surface area contributed by atoms with E-state index < -0.39 is 6.09 Å². The molecule has 1 heterocycles. The molecule has 0 aliphatic carbocycles. The molecule has 1 fully saturated rings. The molecule has 0 aromatic heterocycles. The van der Waals surface area contributed by atoms with Gasteiger partial charge >= 0.3 is 12.2 Å². The minimum absolute atomic E-state index is 0.0965. The first-order chi connectivity index (χ1) is 11.0. The largest absolute Gasteiger partial charge is 0.445 e. The fourth-order valence-corrected chi connectivity index (χ4v) is 2.60. The van der Waals surface area contributed by atoms with E-state index in [0.717, 1.165) is 12.0 Å². The molecule has 7 heteroatoms. The summed E-state index contributed by atoms with van der Waals surface area (Å²) in [7, 11) is 0. The molecule has 0 saturated carbocycles. The average molecular weight is 340 g/mol. The van der Waals surface area contributed by atoms with Gasteiger partial charge in [-0.05, 0) is 13.3 Å². The highest BCUT2D eigenvalue weighted by Crippen LogP contribution is 2.24. The van der Waals surface area contributed by atoms with Crippen LogP contribution in [-0.2, 0) is 9.47 Å². The van der Waals surface area contributed by atoms with E-state index in [1.54, 1.807) is 4.90 Å². The summed E-state index contributed by atoms with van der Waals surface area (Å²) in [4.78, 5) is 25.0. The monoisotopic (exact) mass is 340 g/mol. The SMILES string of the molecule is C=CCOC(=O)NC/C(C)=C/[C@@H]1C[C@H](S)CN1C(=O)OCC=C. The number of alkyl carbamates (subject to hydrolysis) is 1. The van der Waals surface area contributed by atoms with Crippen LogP contribution >= 0.6 is 12.6 Å². The fourth-order valence-electron chi connectivity index (χ4n) is 2.21. The smallest absolute Gasteiger partial charge is 0.410 e. The number of nitrogens with zero attached hydrogens (tertiary/aromatic N) is 1. The molecule has 0 spiro atoms. The molecule has 128 valence electrons. The van der Waals surface area contributed by atoms with Crippen molar-refractivity contribution in [3.05, 3.63) is 37.0 Å². The van der Waals surface area contributed by atoms with E-state index >= 15 is 0 Å². The first-order valence-electron chi connectivity index (χ1n) is 7.39. The molecule has 0 bridgehead atoms. The van der Waals surface area contributed by atoms with Crippen molar-refractivity contribution in [1.29, 1.82) is 0 Å². The third-order valence-corrected chi connectivity index (χ3v) is 3.58. The molecule has 1 aliphatic heterocycles. The number of hydrogen-bond donors (Lipinski definition) is 2. The number of thiol groups is 1. The zero-order valence-corrected chi connectivity index (χ0v) is 14.3. The van der Waals surface area contributed by atoms with Crippen LogP contribution in [0.25, 0.3) is 0 Å². The predicted molar refractivity (Wildman–Crippen MR) is 92.7 cm³/mol. The number of carbonyl (C=O) groups excluding carboxylic acids is 2. The summed E-state index contributed by atoms with van der Waals surface area (Å²) < 4.78 is 9.92. The molecule has 1 rings (SSSR count). The second-order valence-electron chi connectivity index (χ2n) is 5.23. The molecule has 0 aromatic carbocycles. The Morgan fingerprint density at radius 1 is 1.30 bits per heavy atom. The molecule has 0 unspecified atom stereocenters. The molecule has 0 radical (unpaired) electrons. The Bertz CT molecular complexity index is 479. The van der Waals surface area contributed by atoms with E-state index in [4.69, 9.17) is 9.47 Å². The van der Waals surface area contributed by atoms with Crippen LogP contribution in [0, 0.1) is 0 Å². The van der Waals surface area contributed by atoms with Crippen LogP contribution in [0.3, 0.4) is 0 Å². The van der Waals surface area contributed by atoms with E-state index in [9.17, 15) is 9.59 Å². The van der Waals surface area contributed by atoms with Gasteiger partial charge in [-0.15, -0.1) is 0 Å². The number of carbonyl (C=O) groups is 2. The molecule has 1 saturated heterocycles. The van der Waals surface area contributed by atoms with Gasteiger partial charge in [-0.1, -0.05) is 37.0 Å². The van der Waals surface area contributed by atoms with Gasteiger partial charge in [0.05, 0.1) is 6.04 Å². The Hall–Kier alpha value is -1.89. The van der Waals surface area contributed by atoms with Gasteiger partial charge in [0, 0.05) is 18.3 Å². The van der Waals surface area contributed by atoms with Crippen molar-refractivity contribution in [1.82, 2.24) is 10.2 Å². The van der Waals surface area contributed by atoms with E-state index in [-0.39, 0.29) is 30.6 Å². The summed E-state index contributed by atoms with van der Waals surface area (Å²) in [6.45, 7) is 10.1. The summed E-state index contributed by atoms with van der Waals surface area (Å²) in [5.74, 6) is 0. The molecule has 6 nitrogen and oxygen atoms in total. The molecule has 0 aromatic rings. The Morgan fingerprint density at radius 3 is 2.61 bits per heavy atom. The average Bonchev–Trinajstić information content (AvgIpc) is 2.89. The van der Waals surface area contributed by atoms with Crippen LogP contribution in [0.4, 0.5) is 9.59 Å². The van der Waals surface area contributed by atoms with Crippen LogP contribution in [0.1, 0.15) is 13.3 Å². The van der Waals surface area contributed by atoms with Crippen LogP contribution < -0.4 is 5.32 Å². The number of hydrogen-bond acceptors (Lipinski definition) is 5. The molecule has 23 heavy (non-hydrogen) atoms. The van der Waals surface area contributed by atoms with Gasteiger partial charge in [-0.2, -0.15) is 12.6 Å². The number of ether oxygens (including phenoxy) is 2. The topological polar surface area (TPSA) is 67.9 Å². The van der Waals surface area contributed by atoms with Crippen molar-refractivity contribution in [2.24, 2.45) is 0 Å². The van der Waals surface area contributed by atoms with Crippen LogP contribution in [0.5, 0.6) is 0 Å². The normalized spacial score (nSPS) is 20.8. The Balaban J connectivity index is 2.56. The van der Waals surface area contributed by atoms with Crippen LogP contribution in [0.2, 0.25) is 0 Å². The molecule has 2 atom stereocenters. The minimum atomic E-state index is -0.501. The zero-order chi connectivity index (χ0) is 17.2. The van der Waals surface area contributed by atoms with Gasteiger partial charge in [-0.3, -0.25) is 0 Å². The second-order valence-corrected chi connectivity index (χ2v) is 5.96. The first kappa shape index (κ1) is 19.2. The maximum atomic E-state index is 12.0. The standard InChI is InChI=1S/C16H24N2O4S/c1-4-6-21-15(19)17-10-12(3)8-13-9-14(23)11-18(13)16(20)22-7-5-2/h4-5,8,13-14,23H,1-2,6-7,9-11H2,3H3,(H,17,19)/b12-8+/t13-,14+/m1/s1. The van der Waals surface area contributed by atoms with Crippen molar-refractivity contribution in [3.63, 3.8) is 0 Å². The third kappa shape index (κ3) is 6.81. The minimum Gasteiger partial charge on any atom is -0.445 e. The van der Waals surface area contributed by atoms with Crippen molar-refractivity contribution in [2.75, 3.05) is 26.3 Å². The van der Waals surface area contributed by atoms with Crippen LogP contribution in [0.15, 0.2) is 37.0 Å². The second kappa shape index (κ2) is 9.99. The van der Waals surface area contributed by atoms with Crippen molar-refractivity contribution >= 4 is 24.8 Å². The summed E-state index contributed by atoms with van der Waals surface area (Å²) in [5.41, 5.74) is 0.925. The fraction of sp³-hybridized carbons (Fsp3) is 0.500. The Labute approximate surface area is 142 Å². The van der Waals surface area contributed by atoms with E-state index in [1.165, 1.54) is 12.2 Å². The maximum Gasteiger partial charge on any atom is 0.410 e. The molecule has 1 N–H and O–H groups in total. The van der Waals surface area contributed by atoms with E-state index in [1.807, 2.05) is 13.0 Å². The number of rotatable bonds is 7. The zero-order valence-electron chi connectivity index (χ0n) is 13.4. The maximum absolute atomic E-state index is 12.0. The van der Waals surface area contributed by atoms with Gasteiger partial charge in [0.1, 0.15) is 13.2 Å². The lowest BCUT2D eigenvalue weighted by Gasteiger charge is -2.22. The van der Waals surface area contributed by atoms with Gasteiger partial charge in [0.25, 0.3) is 0 Å². The number of likely N-dealkylation sites (tertiary alicyclic amines) is 1. The predicted octanol–water partition coefficient (Wildman–Crippen LogP) is 2.54. The van der Waals surface area contributed by atoms with Gasteiger partial charge < -0.3 is 19.7 Å². The summed E-state index contributed by atoms with van der Waals surface area (Å²) in [5, 5.41) is 2.74. The molecule has 1 aliphatic rings. The van der Waals surface area contributed by atoms with Crippen molar-refractivity contribution in [2.45, 2.75) is 24.6 Å². The quantitative estimate of drug-likeness (QED) is 0.552.